The molecule has 0 saturated heterocycles. The standard InChI is InChI=1S/C27H30FN7O2/c1-18-5-6-22-20(16-18)33-24(35(22)14-15-36-2)8-11-29-12-9-25-34-26-23(37-25)7-13-31-27(26)32-17-21-19(28)4-3-10-30-21/h3-7,10,13,16,29H,8-9,11-12,14-15,17H2,1-2H3,(H,31,32). The van der Waals surface area contributed by atoms with Gasteiger partial charge in [-0.1, -0.05) is 6.07 Å². The van der Waals surface area contributed by atoms with E-state index < -0.39 is 0 Å². The lowest BCUT2D eigenvalue weighted by atomic mass is 10.2. The number of hydrogen-bond donors (Lipinski definition) is 2. The van der Waals surface area contributed by atoms with E-state index in [1.165, 1.54) is 11.6 Å². The molecule has 0 atom stereocenters. The van der Waals surface area contributed by atoms with Crippen LogP contribution in [0.15, 0.2) is 53.2 Å². The summed E-state index contributed by atoms with van der Waals surface area (Å²) in [6.07, 6.45) is 4.63. The third-order valence-electron chi connectivity index (χ3n) is 6.15. The van der Waals surface area contributed by atoms with Gasteiger partial charge in [0, 0.05) is 58.0 Å². The Balaban J connectivity index is 1.17. The van der Waals surface area contributed by atoms with Crippen LogP contribution in [0.5, 0.6) is 0 Å². The van der Waals surface area contributed by atoms with E-state index in [4.69, 9.17) is 14.1 Å². The Bertz CT molecular complexity index is 1500. The fourth-order valence-electron chi connectivity index (χ4n) is 4.29. The molecular formula is C27H30FN7O2. The number of nitrogens with zero attached hydrogens (tertiary/aromatic N) is 5. The fourth-order valence-corrected chi connectivity index (χ4v) is 4.29. The summed E-state index contributed by atoms with van der Waals surface area (Å²) in [6, 6.07) is 11.1. The second-order valence-electron chi connectivity index (χ2n) is 8.81. The van der Waals surface area contributed by atoms with Crippen LogP contribution >= 0.6 is 0 Å². The number of aromatic nitrogens is 5. The highest BCUT2D eigenvalue weighted by molar-refractivity contribution is 5.83. The molecule has 0 spiro atoms. The SMILES string of the molecule is COCCn1c(CCNCCc2nc3c(NCc4ncccc4F)nccc3o2)nc2cc(C)ccc21. The normalized spacial score (nSPS) is 11.5. The van der Waals surface area contributed by atoms with Gasteiger partial charge in [-0.2, -0.15) is 0 Å². The van der Waals surface area contributed by atoms with Gasteiger partial charge in [-0.3, -0.25) is 4.98 Å². The van der Waals surface area contributed by atoms with Crippen LogP contribution in [0.3, 0.4) is 0 Å². The molecule has 0 saturated carbocycles. The molecule has 4 aromatic heterocycles. The minimum absolute atomic E-state index is 0.206. The maximum absolute atomic E-state index is 13.9. The summed E-state index contributed by atoms with van der Waals surface area (Å²) >= 11 is 0. The monoisotopic (exact) mass is 503 g/mol. The molecular weight excluding hydrogens is 473 g/mol. The topological polar surface area (TPSA) is 103 Å². The van der Waals surface area contributed by atoms with Crippen molar-refractivity contribution in [3.63, 3.8) is 0 Å². The summed E-state index contributed by atoms with van der Waals surface area (Å²) in [5, 5.41) is 6.58. The number of imidazole rings is 1. The Morgan fingerprint density at radius 3 is 2.81 bits per heavy atom. The highest BCUT2D eigenvalue weighted by atomic mass is 19.1. The number of methoxy groups -OCH3 is 1. The quantitative estimate of drug-likeness (QED) is 0.246. The third-order valence-corrected chi connectivity index (χ3v) is 6.15. The van der Waals surface area contributed by atoms with Gasteiger partial charge in [0.15, 0.2) is 22.8 Å². The van der Waals surface area contributed by atoms with Crippen LogP contribution in [0.2, 0.25) is 0 Å². The van der Waals surface area contributed by atoms with Crippen molar-refractivity contribution in [3.05, 3.63) is 77.6 Å². The van der Waals surface area contributed by atoms with Crippen LogP contribution in [-0.2, 0) is 30.7 Å². The number of rotatable bonds is 12. The maximum atomic E-state index is 13.9. The number of oxazole rings is 1. The van der Waals surface area contributed by atoms with E-state index >= 15 is 0 Å². The number of pyridine rings is 2. The van der Waals surface area contributed by atoms with Gasteiger partial charge in [0.2, 0.25) is 0 Å². The van der Waals surface area contributed by atoms with Crippen LogP contribution in [0, 0.1) is 12.7 Å². The lowest BCUT2D eigenvalue weighted by Gasteiger charge is -2.09. The van der Waals surface area contributed by atoms with E-state index in [1.54, 1.807) is 31.6 Å². The van der Waals surface area contributed by atoms with E-state index in [0.717, 1.165) is 36.4 Å². The molecule has 0 amide bonds. The molecule has 5 rings (SSSR count). The highest BCUT2D eigenvalue weighted by Crippen LogP contribution is 2.22. The zero-order valence-electron chi connectivity index (χ0n) is 21.0. The Hall–Kier alpha value is -3.89. The molecule has 0 aliphatic rings. The number of benzene rings is 1. The Labute approximate surface area is 214 Å². The van der Waals surface area contributed by atoms with Gasteiger partial charge < -0.3 is 24.4 Å². The largest absolute Gasteiger partial charge is 0.440 e. The minimum Gasteiger partial charge on any atom is -0.440 e. The van der Waals surface area contributed by atoms with Crippen molar-refractivity contribution in [2.45, 2.75) is 32.9 Å². The first kappa shape index (κ1) is 24.8. The summed E-state index contributed by atoms with van der Waals surface area (Å²) in [5.41, 5.74) is 4.92. The van der Waals surface area contributed by atoms with Gasteiger partial charge in [0.25, 0.3) is 0 Å². The Morgan fingerprint density at radius 2 is 1.95 bits per heavy atom. The molecule has 0 radical (unpaired) electrons. The zero-order chi connectivity index (χ0) is 25.6. The van der Waals surface area contributed by atoms with E-state index in [-0.39, 0.29) is 12.4 Å². The van der Waals surface area contributed by atoms with Gasteiger partial charge in [0.1, 0.15) is 11.6 Å². The van der Waals surface area contributed by atoms with Crippen molar-refractivity contribution in [3.8, 4) is 0 Å². The number of halogens is 1. The molecule has 4 heterocycles. The van der Waals surface area contributed by atoms with Crippen LogP contribution in [0.1, 0.15) is 23.0 Å². The van der Waals surface area contributed by atoms with Gasteiger partial charge in [0.05, 0.1) is 29.9 Å². The fraction of sp³-hybridized carbons (Fsp3) is 0.333. The van der Waals surface area contributed by atoms with Crippen LogP contribution in [0.25, 0.3) is 22.1 Å². The van der Waals surface area contributed by atoms with E-state index in [1.807, 2.05) is 0 Å². The Morgan fingerprint density at radius 1 is 1.05 bits per heavy atom. The highest BCUT2D eigenvalue weighted by Gasteiger charge is 2.13. The predicted octanol–water partition coefficient (Wildman–Crippen LogP) is 4.05. The number of anilines is 1. The molecule has 37 heavy (non-hydrogen) atoms. The van der Waals surface area contributed by atoms with Crippen molar-refractivity contribution in [2.24, 2.45) is 0 Å². The molecule has 0 aliphatic heterocycles. The lowest BCUT2D eigenvalue weighted by molar-refractivity contribution is 0.187. The number of nitrogens with one attached hydrogen (secondary N) is 2. The van der Waals surface area contributed by atoms with Gasteiger partial charge in [-0.15, -0.1) is 0 Å². The smallest absolute Gasteiger partial charge is 0.196 e. The van der Waals surface area contributed by atoms with E-state index in [9.17, 15) is 4.39 Å². The molecule has 0 bridgehead atoms. The van der Waals surface area contributed by atoms with Crippen LogP contribution < -0.4 is 10.6 Å². The second-order valence-corrected chi connectivity index (χ2v) is 8.81. The average Bonchev–Trinajstić information content (AvgIpc) is 3.47. The summed E-state index contributed by atoms with van der Waals surface area (Å²) in [7, 11) is 1.71. The van der Waals surface area contributed by atoms with Crippen molar-refractivity contribution in [2.75, 3.05) is 32.1 Å². The van der Waals surface area contributed by atoms with Crippen molar-refractivity contribution >= 4 is 28.0 Å². The first-order valence-electron chi connectivity index (χ1n) is 12.4. The van der Waals surface area contributed by atoms with Gasteiger partial charge in [-0.25, -0.2) is 19.3 Å². The number of ether oxygens (including phenoxy) is 1. The van der Waals surface area contributed by atoms with E-state index in [2.05, 4.69) is 55.3 Å². The third kappa shape index (κ3) is 5.76. The molecule has 0 fully saturated rings. The summed E-state index contributed by atoms with van der Waals surface area (Å²) in [6.45, 7) is 5.18. The van der Waals surface area contributed by atoms with Gasteiger partial charge >= 0.3 is 0 Å². The van der Waals surface area contributed by atoms with E-state index in [0.29, 0.717) is 48.1 Å². The molecule has 192 valence electrons. The summed E-state index contributed by atoms with van der Waals surface area (Å²) in [4.78, 5) is 17.9. The molecule has 5 aromatic rings. The zero-order valence-corrected chi connectivity index (χ0v) is 21.0. The maximum Gasteiger partial charge on any atom is 0.196 e. The molecule has 0 aliphatic carbocycles. The Kier molecular flexibility index (Phi) is 7.67. The minimum atomic E-state index is -0.363. The molecule has 10 heteroatoms. The average molecular weight is 504 g/mol. The lowest BCUT2D eigenvalue weighted by Crippen LogP contribution is -2.22. The first-order valence-corrected chi connectivity index (χ1v) is 12.4. The van der Waals surface area contributed by atoms with Crippen molar-refractivity contribution in [1.29, 1.82) is 0 Å². The summed E-state index contributed by atoms with van der Waals surface area (Å²) in [5.74, 6) is 1.83. The van der Waals surface area contributed by atoms with Crippen molar-refractivity contribution in [1.82, 2.24) is 29.8 Å². The number of fused-ring (bicyclic) bond motifs is 2. The molecule has 9 nitrogen and oxygen atoms in total. The van der Waals surface area contributed by atoms with Crippen LogP contribution in [0.4, 0.5) is 10.2 Å². The molecule has 1 aromatic carbocycles. The van der Waals surface area contributed by atoms with Gasteiger partial charge in [-0.05, 0) is 36.8 Å². The molecule has 2 N–H and O–H groups in total. The number of aryl methyl sites for hydroxylation is 1. The first-order chi connectivity index (χ1) is 18.1. The summed E-state index contributed by atoms with van der Waals surface area (Å²) < 4.78 is 27.3. The number of hydrogen-bond acceptors (Lipinski definition) is 8. The van der Waals surface area contributed by atoms with Crippen LogP contribution in [-0.4, -0.2) is 51.3 Å². The second kappa shape index (κ2) is 11.4. The molecule has 0 unspecified atom stereocenters. The van der Waals surface area contributed by atoms with Crippen molar-refractivity contribution < 1.29 is 13.5 Å². The predicted molar refractivity (Wildman–Crippen MR) is 140 cm³/mol.